The monoisotopic (exact) mass is 328 g/mol. The van der Waals surface area contributed by atoms with Gasteiger partial charge in [0.1, 0.15) is 12.0 Å². The third kappa shape index (κ3) is 9.18. The molecule has 22 heavy (non-hydrogen) atoms. The van der Waals surface area contributed by atoms with Crippen LogP contribution < -0.4 is 0 Å². The van der Waals surface area contributed by atoms with Crippen molar-refractivity contribution < 1.29 is 13.9 Å². The number of hydrogen-bond donors (Lipinski definition) is 0. The molecule has 0 atom stereocenters. The third-order valence-corrected chi connectivity index (χ3v) is 8.63. The molecule has 0 amide bonds. The van der Waals surface area contributed by atoms with E-state index in [4.69, 9.17) is 13.9 Å². The number of allylic oxidation sites excluding steroid dienone is 1. The molecule has 0 aromatic carbocycles. The molecule has 0 unspecified atom stereocenters. The molecule has 0 aromatic heterocycles. The summed E-state index contributed by atoms with van der Waals surface area (Å²) in [5.41, 5.74) is 0. The molecule has 0 fully saturated rings. The van der Waals surface area contributed by atoms with Crippen molar-refractivity contribution in [3.63, 3.8) is 0 Å². The Hall–Kier alpha value is -0.903. The minimum Gasteiger partial charge on any atom is -0.541 e. The van der Waals surface area contributed by atoms with Crippen molar-refractivity contribution in [2.75, 3.05) is 14.2 Å². The highest BCUT2D eigenvalue weighted by Crippen LogP contribution is 2.35. The molecule has 130 valence electrons. The SMILES string of the molecule is CO/C=C/C(=C\OC)O[Si](CC(C)C)(CC(C)C)CC(C)C. The van der Waals surface area contributed by atoms with Gasteiger partial charge in [0.25, 0.3) is 8.32 Å². The number of hydrogen-bond acceptors (Lipinski definition) is 3. The molecule has 0 saturated heterocycles. The zero-order valence-electron chi connectivity index (χ0n) is 15.8. The fourth-order valence-corrected chi connectivity index (χ4v) is 9.04. The zero-order chi connectivity index (χ0) is 17.2. The second kappa shape index (κ2) is 10.8. The molecule has 0 aliphatic rings. The Morgan fingerprint density at radius 1 is 0.818 bits per heavy atom. The van der Waals surface area contributed by atoms with Crippen molar-refractivity contribution in [1.29, 1.82) is 0 Å². The van der Waals surface area contributed by atoms with Gasteiger partial charge in [0.05, 0.1) is 20.5 Å². The van der Waals surface area contributed by atoms with Gasteiger partial charge in [-0.15, -0.1) is 0 Å². The van der Waals surface area contributed by atoms with E-state index in [2.05, 4.69) is 41.5 Å². The highest BCUT2D eigenvalue weighted by Gasteiger charge is 2.39. The molecular formula is C18H36O3Si. The lowest BCUT2D eigenvalue weighted by Crippen LogP contribution is -2.41. The number of rotatable bonds is 11. The molecule has 0 aliphatic heterocycles. The van der Waals surface area contributed by atoms with Crippen LogP contribution in [0.1, 0.15) is 41.5 Å². The molecule has 0 aliphatic carbocycles. The van der Waals surface area contributed by atoms with Crippen molar-refractivity contribution in [3.8, 4) is 0 Å². The molecule has 0 bridgehead atoms. The van der Waals surface area contributed by atoms with Gasteiger partial charge in [-0.05, 0) is 35.9 Å². The quantitative estimate of drug-likeness (QED) is 0.282. The lowest BCUT2D eigenvalue weighted by atomic mass is 10.2. The molecular weight excluding hydrogens is 292 g/mol. The predicted octanol–water partition coefficient (Wildman–Crippen LogP) is 5.56. The summed E-state index contributed by atoms with van der Waals surface area (Å²) in [4.78, 5) is 0. The first-order valence-corrected chi connectivity index (χ1v) is 10.9. The van der Waals surface area contributed by atoms with Crippen LogP contribution in [0.5, 0.6) is 0 Å². The molecule has 0 rings (SSSR count). The van der Waals surface area contributed by atoms with E-state index in [-0.39, 0.29) is 0 Å². The Labute approximate surface area is 138 Å². The van der Waals surface area contributed by atoms with Crippen LogP contribution in [0.3, 0.4) is 0 Å². The van der Waals surface area contributed by atoms with Gasteiger partial charge in [0.2, 0.25) is 0 Å². The minimum absolute atomic E-state index is 0.638. The van der Waals surface area contributed by atoms with Crippen LogP contribution in [0.25, 0.3) is 0 Å². The van der Waals surface area contributed by atoms with Gasteiger partial charge in [-0.2, -0.15) is 0 Å². The zero-order valence-corrected chi connectivity index (χ0v) is 16.8. The maximum absolute atomic E-state index is 6.62. The maximum atomic E-state index is 6.62. The fourth-order valence-electron chi connectivity index (χ4n) is 3.21. The van der Waals surface area contributed by atoms with Crippen LogP contribution in [0.15, 0.2) is 24.4 Å². The Bertz CT molecular complexity index is 320. The summed E-state index contributed by atoms with van der Waals surface area (Å²) in [7, 11) is 1.40. The van der Waals surface area contributed by atoms with Crippen molar-refractivity contribution in [3.05, 3.63) is 24.4 Å². The second-order valence-corrected chi connectivity index (χ2v) is 11.2. The maximum Gasteiger partial charge on any atom is 0.252 e. The van der Waals surface area contributed by atoms with E-state index >= 15 is 0 Å². The van der Waals surface area contributed by atoms with Crippen molar-refractivity contribution >= 4 is 8.32 Å². The summed E-state index contributed by atoms with van der Waals surface area (Å²) >= 11 is 0. The summed E-state index contributed by atoms with van der Waals surface area (Å²) in [6.07, 6.45) is 5.18. The van der Waals surface area contributed by atoms with Crippen LogP contribution in [0, 0.1) is 17.8 Å². The van der Waals surface area contributed by atoms with E-state index in [9.17, 15) is 0 Å². The highest BCUT2D eigenvalue weighted by atomic mass is 28.4. The normalized spacial score (nSPS) is 13.5. The first-order valence-electron chi connectivity index (χ1n) is 8.36. The molecule has 0 saturated carbocycles. The second-order valence-electron chi connectivity index (χ2n) is 7.37. The Kier molecular flexibility index (Phi) is 10.3. The van der Waals surface area contributed by atoms with Gasteiger partial charge in [-0.3, -0.25) is 0 Å². The van der Waals surface area contributed by atoms with Crippen LogP contribution in [-0.2, 0) is 13.9 Å². The number of methoxy groups -OCH3 is 2. The van der Waals surface area contributed by atoms with Crippen LogP contribution in [0.4, 0.5) is 0 Å². The van der Waals surface area contributed by atoms with Crippen molar-refractivity contribution in [1.82, 2.24) is 0 Å². The van der Waals surface area contributed by atoms with Crippen LogP contribution in [0.2, 0.25) is 18.1 Å². The summed E-state index contributed by atoms with van der Waals surface area (Å²) in [5.74, 6) is 2.69. The predicted molar refractivity (Wildman–Crippen MR) is 97.0 cm³/mol. The topological polar surface area (TPSA) is 27.7 Å². The van der Waals surface area contributed by atoms with E-state index in [1.54, 1.807) is 26.7 Å². The summed E-state index contributed by atoms with van der Waals surface area (Å²) in [5, 5.41) is 0. The summed E-state index contributed by atoms with van der Waals surface area (Å²) in [6, 6.07) is 3.52. The molecule has 0 aromatic rings. The Morgan fingerprint density at radius 2 is 1.27 bits per heavy atom. The summed E-state index contributed by atoms with van der Waals surface area (Å²) < 4.78 is 16.8. The van der Waals surface area contributed by atoms with E-state index in [1.165, 1.54) is 18.1 Å². The van der Waals surface area contributed by atoms with Crippen molar-refractivity contribution in [2.45, 2.75) is 59.7 Å². The molecule has 4 heteroatoms. The lowest BCUT2D eigenvalue weighted by Gasteiger charge is -2.36. The average molecular weight is 329 g/mol. The molecule has 0 heterocycles. The van der Waals surface area contributed by atoms with E-state index < -0.39 is 8.32 Å². The molecule has 0 spiro atoms. The Morgan fingerprint density at radius 3 is 1.59 bits per heavy atom. The van der Waals surface area contributed by atoms with Gasteiger partial charge in [-0.1, -0.05) is 41.5 Å². The largest absolute Gasteiger partial charge is 0.541 e. The third-order valence-electron chi connectivity index (χ3n) is 3.28. The van der Waals surface area contributed by atoms with E-state index in [0.29, 0.717) is 17.8 Å². The minimum atomic E-state index is -1.89. The lowest BCUT2D eigenvalue weighted by molar-refractivity contribution is 0.296. The van der Waals surface area contributed by atoms with Gasteiger partial charge >= 0.3 is 0 Å². The highest BCUT2D eigenvalue weighted by molar-refractivity contribution is 6.74. The summed E-state index contributed by atoms with van der Waals surface area (Å²) in [6.45, 7) is 13.7. The first kappa shape index (κ1) is 21.1. The van der Waals surface area contributed by atoms with Gasteiger partial charge in [0.15, 0.2) is 0 Å². The van der Waals surface area contributed by atoms with Crippen LogP contribution in [-0.4, -0.2) is 22.5 Å². The van der Waals surface area contributed by atoms with Gasteiger partial charge in [0, 0.05) is 6.08 Å². The Balaban J connectivity index is 5.46. The standard InChI is InChI=1S/C18H36O3Si/c1-15(2)12-22(13-16(3)4,14-17(5)6)21-18(11-20-8)9-10-19-7/h9-11,15-17H,12-14H2,1-8H3/b10-9+,18-11+. The molecule has 0 N–H and O–H groups in total. The van der Waals surface area contributed by atoms with E-state index in [1.807, 2.05) is 6.08 Å². The first-order chi connectivity index (χ1) is 10.2. The van der Waals surface area contributed by atoms with E-state index in [0.717, 1.165) is 5.76 Å². The fraction of sp³-hybridized carbons (Fsp3) is 0.778. The smallest absolute Gasteiger partial charge is 0.252 e. The number of ether oxygens (including phenoxy) is 2. The molecule has 3 nitrogen and oxygen atoms in total. The van der Waals surface area contributed by atoms with Gasteiger partial charge in [-0.25, -0.2) is 0 Å². The van der Waals surface area contributed by atoms with Gasteiger partial charge < -0.3 is 13.9 Å². The van der Waals surface area contributed by atoms with Crippen molar-refractivity contribution in [2.24, 2.45) is 17.8 Å². The average Bonchev–Trinajstić information content (AvgIpc) is 2.33. The van der Waals surface area contributed by atoms with Crippen LogP contribution >= 0.6 is 0 Å². The molecule has 0 radical (unpaired) electrons.